The first-order valence-electron chi connectivity index (χ1n) is 11.2. The number of alkyl halides is 1. The van der Waals surface area contributed by atoms with Crippen LogP contribution in [0.1, 0.15) is 42.6 Å². The molecule has 6 nitrogen and oxygen atoms in total. The van der Waals surface area contributed by atoms with Crippen molar-refractivity contribution in [3.05, 3.63) is 59.0 Å². The lowest BCUT2D eigenvalue weighted by atomic mass is 10.1. The van der Waals surface area contributed by atoms with Crippen molar-refractivity contribution in [3.63, 3.8) is 0 Å². The highest BCUT2D eigenvalue weighted by molar-refractivity contribution is 7.14. The molecule has 1 aliphatic heterocycles. The number of amides is 1. The van der Waals surface area contributed by atoms with E-state index in [1.165, 1.54) is 16.9 Å². The SMILES string of the molecule is CC(C)Oc1ccc(C(N)=O)cc1Nc1nc(-c2ccc(CN3CCC(F)CC3)cc2)cs1. The molecule has 0 aliphatic carbocycles. The van der Waals surface area contributed by atoms with Crippen LogP contribution >= 0.6 is 11.3 Å². The van der Waals surface area contributed by atoms with Gasteiger partial charge < -0.3 is 15.8 Å². The average Bonchev–Trinajstić information content (AvgIpc) is 3.25. The second kappa shape index (κ2) is 10.3. The van der Waals surface area contributed by atoms with Gasteiger partial charge in [-0.2, -0.15) is 0 Å². The fourth-order valence-corrected chi connectivity index (χ4v) is 4.55. The van der Waals surface area contributed by atoms with Crippen LogP contribution < -0.4 is 15.8 Å². The summed E-state index contributed by atoms with van der Waals surface area (Å²) in [7, 11) is 0. The first-order valence-corrected chi connectivity index (χ1v) is 12.0. The average molecular weight is 469 g/mol. The number of carbonyl (C=O) groups is 1. The topological polar surface area (TPSA) is 80.5 Å². The maximum absolute atomic E-state index is 13.3. The van der Waals surface area contributed by atoms with E-state index in [1.54, 1.807) is 18.2 Å². The Morgan fingerprint density at radius 2 is 1.97 bits per heavy atom. The van der Waals surface area contributed by atoms with Crippen molar-refractivity contribution in [3.8, 4) is 17.0 Å². The first-order chi connectivity index (χ1) is 15.9. The number of ether oxygens (including phenoxy) is 1. The number of thiazole rings is 1. The summed E-state index contributed by atoms with van der Waals surface area (Å²) in [6.45, 7) is 6.35. The van der Waals surface area contributed by atoms with Crippen LogP contribution in [0.4, 0.5) is 15.2 Å². The fraction of sp³-hybridized carbons (Fsp3) is 0.360. The molecule has 1 aromatic heterocycles. The molecule has 1 aliphatic rings. The number of carbonyl (C=O) groups excluding carboxylic acids is 1. The number of primary amides is 1. The molecule has 0 bridgehead atoms. The van der Waals surface area contributed by atoms with Crippen LogP contribution in [0.15, 0.2) is 47.8 Å². The van der Waals surface area contributed by atoms with E-state index in [1.807, 2.05) is 19.2 Å². The van der Waals surface area contributed by atoms with E-state index >= 15 is 0 Å². The number of likely N-dealkylation sites (tertiary alicyclic amines) is 1. The lowest BCUT2D eigenvalue weighted by molar-refractivity contribution is 0.100. The minimum absolute atomic E-state index is 0.0151. The predicted octanol–water partition coefficient (Wildman–Crippen LogP) is 5.37. The molecular weight excluding hydrogens is 439 g/mol. The molecule has 0 atom stereocenters. The minimum Gasteiger partial charge on any atom is -0.489 e. The Labute approximate surface area is 197 Å². The Kier molecular flexibility index (Phi) is 7.25. The molecule has 8 heteroatoms. The summed E-state index contributed by atoms with van der Waals surface area (Å²) in [5, 5.41) is 5.95. The lowest BCUT2D eigenvalue weighted by Crippen LogP contribution is -2.33. The number of piperidine rings is 1. The van der Waals surface area contributed by atoms with Gasteiger partial charge in [0.25, 0.3) is 0 Å². The van der Waals surface area contributed by atoms with Crippen LogP contribution in [0.5, 0.6) is 5.75 Å². The summed E-state index contributed by atoms with van der Waals surface area (Å²) in [5.74, 6) is 0.135. The Hall–Kier alpha value is -2.97. The molecule has 2 heterocycles. The van der Waals surface area contributed by atoms with Crippen LogP contribution in [-0.4, -0.2) is 41.2 Å². The number of hydrogen-bond donors (Lipinski definition) is 2. The minimum atomic E-state index is -0.651. The van der Waals surface area contributed by atoms with Crippen molar-refractivity contribution >= 4 is 28.1 Å². The molecule has 2 aromatic carbocycles. The number of aromatic nitrogens is 1. The Morgan fingerprint density at radius 3 is 2.64 bits per heavy atom. The zero-order valence-electron chi connectivity index (χ0n) is 18.9. The van der Waals surface area contributed by atoms with Crippen molar-refractivity contribution in [1.29, 1.82) is 0 Å². The molecule has 1 fully saturated rings. The smallest absolute Gasteiger partial charge is 0.248 e. The van der Waals surface area contributed by atoms with E-state index in [0.717, 1.165) is 30.9 Å². The highest BCUT2D eigenvalue weighted by Gasteiger charge is 2.18. The number of halogens is 1. The first kappa shape index (κ1) is 23.2. The van der Waals surface area contributed by atoms with Gasteiger partial charge in [-0.25, -0.2) is 9.37 Å². The summed E-state index contributed by atoms with van der Waals surface area (Å²) in [4.78, 5) is 18.6. The number of benzene rings is 2. The van der Waals surface area contributed by atoms with Crippen LogP contribution in [0.2, 0.25) is 0 Å². The maximum atomic E-state index is 13.3. The van der Waals surface area contributed by atoms with Crippen molar-refractivity contribution in [1.82, 2.24) is 9.88 Å². The van der Waals surface area contributed by atoms with E-state index in [-0.39, 0.29) is 6.10 Å². The highest BCUT2D eigenvalue weighted by Crippen LogP contribution is 2.33. The Morgan fingerprint density at radius 1 is 1.24 bits per heavy atom. The van der Waals surface area contributed by atoms with Gasteiger partial charge in [-0.05, 0) is 50.5 Å². The number of nitrogens with zero attached hydrogens (tertiary/aromatic N) is 2. The van der Waals surface area contributed by atoms with Crippen molar-refractivity contribution < 1.29 is 13.9 Å². The van der Waals surface area contributed by atoms with E-state index in [9.17, 15) is 9.18 Å². The molecule has 1 saturated heterocycles. The van der Waals surface area contributed by atoms with Gasteiger partial charge in [0.1, 0.15) is 11.9 Å². The number of hydrogen-bond acceptors (Lipinski definition) is 6. The van der Waals surface area contributed by atoms with E-state index in [2.05, 4.69) is 34.5 Å². The molecule has 3 aromatic rings. The number of rotatable bonds is 8. The van der Waals surface area contributed by atoms with Crippen molar-refractivity contribution in [2.45, 2.75) is 45.5 Å². The normalized spacial score (nSPS) is 15.0. The molecule has 0 unspecified atom stereocenters. The second-order valence-corrected chi connectivity index (χ2v) is 9.41. The lowest BCUT2D eigenvalue weighted by Gasteiger charge is -2.28. The number of nitrogens with two attached hydrogens (primary N) is 1. The Balaban J connectivity index is 1.46. The molecule has 0 spiro atoms. The van der Waals surface area contributed by atoms with Gasteiger partial charge >= 0.3 is 0 Å². The van der Waals surface area contributed by atoms with Crippen LogP contribution in [0, 0.1) is 0 Å². The van der Waals surface area contributed by atoms with Crippen molar-refractivity contribution in [2.24, 2.45) is 5.73 Å². The number of anilines is 2. The molecule has 1 amide bonds. The van der Waals surface area contributed by atoms with E-state index in [0.29, 0.717) is 35.0 Å². The van der Waals surface area contributed by atoms with Crippen molar-refractivity contribution in [2.75, 3.05) is 18.4 Å². The third kappa shape index (κ3) is 6.09. The Bertz CT molecular complexity index is 1090. The van der Waals surface area contributed by atoms with E-state index < -0.39 is 12.1 Å². The summed E-state index contributed by atoms with van der Waals surface area (Å²) >= 11 is 1.48. The van der Waals surface area contributed by atoms with Gasteiger partial charge in [-0.3, -0.25) is 9.69 Å². The third-order valence-corrected chi connectivity index (χ3v) is 6.30. The third-order valence-electron chi connectivity index (χ3n) is 5.55. The van der Waals surface area contributed by atoms with Crippen LogP contribution in [0.3, 0.4) is 0 Å². The second-order valence-electron chi connectivity index (χ2n) is 8.55. The number of nitrogens with one attached hydrogen (secondary N) is 1. The molecule has 0 radical (unpaired) electrons. The van der Waals surface area contributed by atoms with Gasteiger partial charge in [-0.15, -0.1) is 11.3 Å². The summed E-state index contributed by atoms with van der Waals surface area (Å²) in [6, 6.07) is 13.4. The van der Waals surface area contributed by atoms with Gasteiger partial charge in [-0.1, -0.05) is 24.3 Å². The molecular formula is C25H29FN4O2S. The van der Waals surface area contributed by atoms with E-state index in [4.69, 9.17) is 15.5 Å². The van der Waals surface area contributed by atoms with Gasteiger partial charge in [0.15, 0.2) is 5.13 Å². The highest BCUT2D eigenvalue weighted by atomic mass is 32.1. The van der Waals surface area contributed by atoms with Gasteiger partial charge in [0, 0.05) is 36.1 Å². The summed E-state index contributed by atoms with van der Waals surface area (Å²) in [6.07, 6.45) is 0.582. The maximum Gasteiger partial charge on any atom is 0.248 e. The van der Waals surface area contributed by atoms with Crippen LogP contribution in [-0.2, 0) is 6.54 Å². The van der Waals surface area contributed by atoms with Gasteiger partial charge in [0.05, 0.1) is 17.5 Å². The molecule has 3 N–H and O–H groups in total. The monoisotopic (exact) mass is 468 g/mol. The summed E-state index contributed by atoms with van der Waals surface area (Å²) in [5.41, 5.74) is 9.59. The molecule has 33 heavy (non-hydrogen) atoms. The molecule has 4 rings (SSSR count). The van der Waals surface area contributed by atoms with Gasteiger partial charge in [0.2, 0.25) is 5.91 Å². The summed E-state index contributed by atoms with van der Waals surface area (Å²) < 4.78 is 19.2. The molecule has 174 valence electrons. The largest absolute Gasteiger partial charge is 0.489 e. The quantitative estimate of drug-likeness (QED) is 0.464. The fourth-order valence-electron chi connectivity index (χ4n) is 3.82. The zero-order chi connectivity index (χ0) is 23.4. The van der Waals surface area contributed by atoms with Crippen LogP contribution in [0.25, 0.3) is 11.3 Å². The predicted molar refractivity (Wildman–Crippen MR) is 131 cm³/mol. The standard InChI is InChI=1S/C25H29FN4O2S/c1-16(2)32-23-8-7-19(24(27)31)13-21(23)28-25-29-22(15-33-25)18-5-3-17(4-6-18)14-30-11-9-20(26)10-12-30/h3-8,13,15-16,20H,9-12,14H2,1-2H3,(H2,27,31)(H,28,29). The molecule has 0 saturated carbocycles. The zero-order valence-corrected chi connectivity index (χ0v) is 19.7.